The van der Waals surface area contributed by atoms with E-state index in [0.717, 1.165) is 50.3 Å². The Hall–Kier alpha value is -1.84. The van der Waals surface area contributed by atoms with Gasteiger partial charge in [0.2, 0.25) is 11.9 Å². The van der Waals surface area contributed by atoms with Crippen molar-refractivity contribution in [2.75, 3.05) is 31.6 Å². The van der Waals surface area contributed by atoms with E-state index in [2.05, 4.69) is 30.9 Å². The van der Waals surface area contributed by atoms with Gasteiger partial charge in [0, 0.05) is 31.1 Å². The van der Waals surface area contributed by atoms with Gasteiger partial charge in [0.25, 0.3) is 0 Å². The van der Waals surface area contributed by atoms with Crippen LogP contribution in [-0.2, 0) is 9.47 Å². The molecule has 0 saturated carbocycles. The predicted octanol–water partition coefficient (Wildman–Crippen LogP) is 1.68. The van der Waals surface area contributed by atoms with Gasteiger partial charge >= 0.3 is 0 Å². The monoisotopic (exact) mass is 392 g/mol. The van der Waals surface area contributed by atoms with Gasteiger partial charge in [0.1, 0.15) is 0 Å². The molecule has 0 bridgehead atoms. The molecule has 2 aliphatic rings. The standard InChI is InChI=1S/C18H28N6O2S/c1-12-9-13(2)22-17(21-12)23-16(19-10-14-5-3-7-25-14)24-18(27)20-11-15-6-4-8-26-15/h9,14-15H,3-8,10-11H2,1-2H3,(H3,19,20,21,22,23,24,27). The Morgan fingerprint density at radius 3 is 2.44 bits per heavy atom. The fourth-order valence-corrected chi connectivity index (χ4v) is 3.32. The molecule has 3 rings (SSSR count). The first-order valence-electron chi connectivity index (χ1n) is 9.50. The number of ether oxygens (including phenoxy) is 2. The van der Waals surface area contributed by atoms with Crippen LogP contribution in [0.3, 0.4) is 0 Å². The van der Waals surface area contributed by atoms with E-state index in [9.17, 15) is 0 Å². The van der Waals surface area contributed by atoms with Crippen LogP contribution in [0.4, 0.5) is 5.95 Å². The van der Waals surface area contributed by atoms with Crippen molar-refractivity contribution in [3.8, 4) is 0 Å². The maximum atomic E-state index is 5.65. The number of hydrogen-bond donors (Lipinski definition) is 3. The zero-order valence-corrected chi connectivity index (χ0v) is 16.8. The number of aryl methyl sites for hydroxylation is 2. The van der Waals surface area contributed by atoms with E-state index in [4.69, 9.17) is 21.7 Å². The molecular formula is C18H28N6O2S. The van der Waals surface area contributed by atoms with Gasteiger partial charge in [-0.05, 0) is 57.8 Å². The Labute approximate surface area is 165 Å². The quantitative estimate of drug-likeness (QED) is 0.396. The minimum Gasteiger partial charge on any atom is -0.376 e. The molecule has 2 fully saturated rings. The van der Waals surface area contributed by atoms with Gasteiger partial charge in [-0.3, -0.25) is 5.32 Å². The Bertz CT molecular complexity index is 652. The molecule has 1 aromatic rings. The van der Waals surface area contributed by atoms with Gasteiger partial charge in [-0.15, -0.1) is 0 Å². The van der Waals surface area contributed by atoms with E-state index in [1.165, 1.54) is 0 Å². The molecule has 3 N–H and O–H groups in total. The maximum absolute atomic E-state index is 5.65. The normalized spacial score (nSPS) is 22.7. The number of aromatic nitrogens is 2. The lowest BCUT2D eigenvalue weighted by atomic mass is 10.2. The van der Waals surface area contributed by atoms with E-state index >= 15 is 0 Å². The number of nitrogens with zero attached hydrogens (tertiary/aromatic N) is 3. The van der Waals surface area contributed by atoms with Crippen molar-refractivity contribution in [2.45, 2.75) is 51.7 Å². The second-order valence-electron chi connectivity index (χ2n) is 6.89. The third kappa shape index (κ3) is 6.67. The Morgan fingerprint density at radius 1 is 1.15 bits per heavy atom. The highest BCUT2D eigenvalue weighted by Gasteiger charge is 2.17. The van der Waals surface area contributed by atoms with Crippen LogP contribution in [0.5, 0.6) is 0 Å². The zero-order chi connectivity index (χ0) is 19.1. The summed E-state index contributed by atoms with van der Waals surface area (Å²) in [5.41, 5.74) is 1.78. The van der Waals surface area contributed by atoms with Crippen LogP contribution in [0.2, 0.25) is 0 Å². The zero-order valence-electron chi connectivity index (χ0n) is 16.0. The lowest BCUT2D eigenvalue weighted by molar-refractivity contribution is 0.114. The molecular weight excluding hydrogens is 364 g/mol. The summed E-state index contributed by atoms with van der Waals surface area (Å²) >= 11 is 5.41. The second-order valence-corrected chi connectivity index (χ2v) is 7.30. The lowest BCUT2D eigenvalue weighted by Crippen LogP contribution is -2.45. The van der Waals surface area contributed by atoms with E-state index in [-0.39, 0.29) is 12.2 Å². The SMILES string of the molecule is Cc1cc(C)nc(NC(=NCC2CCCO2)NC(=S)NCC2CCCO2)n1. The minimum absolute atomic E-state index is 0.150. The molecule has 8 nitrogen and oxygen atoms in total. The third-order valence-electron chi connectivity index (χ3n) is 4.44. The highest BCUT2D eigenvalue weighted by Crippen LogP contribution is 2.12. The first-order chi connectivity index (χ1) is 13.1. The lowest BCUT2D eigenvalue weighted by Gasteiger charge is -2.16. The van der Waals surface area contributed by atoms with Crippen LogP contribution < -0.4 is 16.0 Å². The summed E-state index contributed by atoms with van der Waals surface area (Å²) in [5.74, 6) is 1.01. The molecule has 0 spiro atoms. The first-order valence-corrected chi connectivity index (χ1v) is 9.91. The van der Waals surface area contributed by atoms with E-state index < -0.39 is 0 Å². The highest BCUT2D eigenvalue weighted by molar-refractivity contribution is 7.80. The van der Waals surface area contributed by atoms with Crippen molar-refractivity contribution in [2.24, 2.45) is 4.99 Å². The Morgan fingerprint density at radius 2 is 1.81 bits per heavy atom. The summed E-state index contributed by atoms with van der Waals surface area (Å²) in [7, 11) is 0. The average molecular weight is 393 g/mol. The number of nitrogens with one attached hydrogen (secondary N) is 3. The fraction of sp³-hybridized carbons (Fsp3) is 0.667. The topological polar surface area (TPSA) is 92.7 Å². The summed E-state index contributed by atoms with van der Waals surface area (Å²) < 4.78 is 11.3. The molecule has 0 aliphatic carbocycles. The van der Waals surface area contributed by atoms with Crippen LogP contribution in [0.25, 0.3) is 0 Å². The first kappa shape index (κ1) is 19.9. The molecule has 148 valence electrons. The fourth-order valence-electron chi connectivity index (χ4n) is 3.14. The van der Waals surface area contributed by atoms with Gasteiger partial charge < -0.3 is 20.1 Å². The molecule has 0 amide bonds. The largest absolute Gasteiger partial charge is 0.376 e. The Balaban J connectivity index is 1.60. The summed E-state index contributed by atoms with van der Waals surface area (Å²) in [6.07, 6.45) is 4.64. The molecule has 0 aromatic carbocycles. The number of aliphatic imine (C=N–C) groups is 1. The number of thiocarbonyl (C=S) groups is 1. The van der Waals surface area contributed by atoms with Gasteiger partial charge in [-0.1, -0.05) is 0 Å². The molecule has 1 aromatic heterocycles. The van der Waals surface area contributed by atoms with Crippen molar-refractivity contribution >= 4 is 29.2 Å². The van der Waals surface area contributed by atoms with Crippen LogP contribution >= 0.6 is 12.2 Å². The molecule has 2 saturated heterocycles. The molecule has 2 atom stereocenters. The van der Waals surface area contributed by atoms with Crippen molar-refractivity contribution in [3.63, 3.8) is 0 Å². The number of rotatable bonds is 5. The van der Waals surface area contributed by atoms with Gasteiger partial charge in [-0.2, -0.15) is 0 Å². The van der Waals surface area contributed by atoms with Crippen LogP contribution in [0.15, 0.2) is 11.1 Å². The van der Waals surface area contributed by atoms with Gasteiger partial charge in [0.15, 0.2) is 5.11 Å². The summed E-state index contributed by atoms with van der Waals surface area (Å²) in [5, 5.41) is 9.95. The van der Waals surface area contributed by atoms with Gasteiger partial charge in [0.05, 0.1) is 18.8 Å². The van der Waals surface area contributed by atoms with Crippen molar-refractivity contribution in [3.05, 3.63) is 17.5 Å². The number of guanidine groups is 1. The Kier molecular flexibility index (Phi) is 7.31. The number of anilines is 1. The van der Waals surface area contributed by atoms with E-state index in [1.807, 2.05) is 19.9 Å². The summed E-state index contributed by atoms with van der Waals surface area (Å²) in [4.78, 5) is 13.4. The summed E-state index contributed by atoms with van der Waals surface area (Å²) in [6, 6.07) is 1.93. The maximum Gasteiger partial charge on any atom is 0.229 e. The predicted molar refractivity (Wildman–Crippen MR) is 109 cm³/mol. The summed E-state index contributed by atoms with van der Waals surface area (Å²) in [6.45, 7) is 6.75. The third-order valence-corrected chi connectivity index (χ3v) is 4.68. The van der Waals surface area contributed by atoms with E-state index in [1.54, 1.807) is 0 Å². The molecule has 2 aliphatic heterocycles. The van der Waals surface area contributed by atoms with Crippen molar-refractivity contribution in [1.82, 2.24) is 20.6 Å². The molecule has 2 unspecified atom stereocenters. The highest BCUT2D eigenvalue weighted by atomic mass is 32.1. The van der Waals surface area contributed by atoms with Crippen LogP contribution in [-0.4, -0.2) is 59.6 Å². The van der Waals surface area contributed by atoms with Crippen molar-refractivity contribution < 1.29 is 9.47 Å². The van der Waals surface area contributed by atoms with Crippen molar-refractivity contribution in [1.29, 1.82) is 0 Å². The van der Waals surface area contributed by atoms with Crippen LogP contribution in [0, 0.1) is 13.8 Å². The van der Waals surface area contributed by atoms with Gasteiger partial charge in [-0.25, -0.2) is 15.0 Å². The van der Waals surface area contributed by atoms with E-state index in [0.29, 0.717) is 30.1 Å². The molecule has 3 heterocycles. The molecule has 27 heavy (non-hydrogen) atoms. The van der Waals surface area contributed by atoms with Crippen LogP contribution in [0.1, 0.15) is 37.1 Å². The molecule has 9 heteroatoms. The minimum atomic E-state index is 0.150. The average Bonchev–Trinajstić information content (AvgIpc) is 3.31. The number of hydrogen-bond acceptors (Lipinski definition) is 6. The smallest absolute Gasteiger partial charge is 0.229 e. The molecule has 0 radical (unpaired) electrons. The second kappa shape index (κ2) is 9.91.